The smallest absolute Gasteiger partial charge is 0.276 e. The molecule has 1 fully saturated rings. The van der Waals surface area contributed by atoms with Gasteiger partial charge >= 0.3 is 0 Å². The Morgan fingerprint density at radius 3 is 2.37 bits per heavy atom. The van der Waals surface area contributed by atoms with Crippen molar-refractivity contribution in [2.45, 2.75) is 31.2 Å². The number of sulfonamides is 1. The van der Waals surface area contributed by atoms with Crippen molar-refractivity contribution in [3.8, 4) is 6.07 Å². The van der Waals surface area contributed by atoms with E-state index in [1.807, 2.05) is 13.8 Å². The van der Waals surface area contributed by atoms with Gasteiger partial charge in [-0.15, -0.1) is 0 Å². The molecule has 1 saturated heterocycles. The molecule has 1 aromatic carbocycles. The molecule has 9 heteroatoms. The highest BCUT2D eigenvalue weighted by Crippen LogP contribution is 2.18. The van der Waals surface area contributed by atoms with Gasteiger partial charge in [-0.05, 0) is 37.1 Å². The maximum Gasteiger partial charge on any atom is 0.276 e. The number of nitriles is 1. The zero-order valence-corrected chi connectivity index (χ0v) is 17.4. The molecule has 148 valence electrons. The van der Waals surface area contributed by atoms with Gasteiger partial charge in [0, 0.05) is 5.02 Å². The molecular formula is C18H26ClN4O3S+. The van der Waals surface area contributed by atoms with Gasteiger partial charge in [0.25, 0.3) is 5.91 Å². The van der Waals surface area contributed by atoms with Crippen molar-refractivity contribution in [2.24, 2.45) is 5.92 Å². The molecular weight excluding hydrogens is 388 g/mol. The van der Waals surface area contributed by atoms with E-state index in [0.29, 0.717) is 31.2 Å². The summed E-state index contributed by atoms with van der Waals surface area (Å²) in [6, 6.07) is 8.27. The number of halogens is 1. The van der Waals surface area contributed by atoms with Crippen LogP contribution in [0, 0.1) is 17.2 Å². The van der Waals surface area contributed by atoms with Gasteiger partial charge < -0.3 is 10.2 Å². The van der Waals surface area contributed by atoms with Gasteiger partial charge in [-0.1, -0.05) is 25.4 Å². The molecule has 0 aliphatic carbocycles. The van der Waals surface area contributed by atoms with E-state index >= 15 is 0 Å². The number of amides is 1. The van der Waals surface area contributed by atoms with Crippen LogP contribution >= 0.6 is 11.6 Å². The van der Waals surface area contributed by atoms with Gasteiger partial charge in [-0.3, -0.25) is 4.79 Å². The zero-order valence-electron chi connectivity index (χ0n) is 15.8. The normalized spacial score (nSPS) is 18.7. The molecule has 0 aromatic heterocycles. The predicted molar refractivity (Wildman–Crippen MR) is 103 cm³/mol. The first-order valence-electron chi connectivity index (χ1n) is 8.90. The maximum atomic E-state index is 12.7. The van der Waals surface area contributed by atoms with E-state index < -0.39 is 15.6 Å². The second-order valence-corrected chi connectivity index (χ2v) is 9.68. The standard InChI is InChI=1S/C18H25ClN4O3S/c1-14(2)18(3,13-20)21-17(24)12-22-8-10-23(11-9-22)27(25,26)16-6-4-15(19)5-7-16/h4-7,14H,8-12H2,1-3H3,(H,21,24)/p+1/t18-/m1/s1. The summed E-state index contributed by atoms with van der Waals surface area (Å²) < 4.78 is 26.8. The first-order chi connectivity index (χ1) is 12.6. The number of hydrogen-bond acceptors (Lipinski definition) is 4. The monoisotopic (exact) mass is 413 g/mol. The third kappa shape index (κ3) is 5.20. The van der Waals surface area contributed by atoms with E-state index in [2.05, 4.69) is 11.4 Å². The lowest BCUT2D eigenvalue weighted by Crippen LogP contribution is -3.16. The SMILES string of the molecule is CC(C)[C@@](C)(C#N)NC(=O)C[NH+]1CCN(S(=O)(=O)c2ccc(Cl)cc2)CC1. The van der Waals surface area contributed by atoms with Crippen LogP contribution < -0.4 is 10.2 Å². The highest BCUT2D eigenvalue weighted by atomic mass is 35.5. The van der Waals surface area contributed by atoms with Crippen LogP contribution in [0.2, 0.25) is 5.02 Å². The minimum absolute atomic E-state index is 0.0113. The third-order valence-corrected chi connectivity index (χ3v) is 7.24. The number of benzene rings is 1. The average molecular weight is 414 g/mol. The molecule has 1 amide bonds. The Bertz CT molecular complexity index is 812. The fraction of sp³-hybridized carbons (Fsp3) is 0.556. The van der Waals surface area contributed by atoms with Crippen LogP contribution in [-0.2, 0) is 14.8 Å². The zero-order chi connectivity index (χ0) is 20.2. The van der Waals surface area contributed by atoms with E-state index in [4.69, 9.17) is 11.6 Å². The number of quaternary nitrogens is 1. The van der Waals surface area contributed by atoms with Crippen LogP contribution in [0.15, 0.2) is 29.2 Å². The number of piperazine rings is 1. The van der Waals surface area contributed by atoms with Gasteiger partial charge in [0.2, 0.25) is 10.0 Å². The van der Waals surface area contributed by atoms with E-state index in [9.17, 15) is 18.5 Å². The van der Waals surface area contributed by atoms with Gasteiger partial charge in [0.15, 0.2) is 6.54 Å². The van der Waals surface area contributed by atoms with Gasteiger partial charge in [0.05, 0.1) is 37.1 Å². The fourth-order valence-electron chi connectivity index (χ4n) is 2.84. The Hall–Kier alpha value is -1.66. The Morgan fingerprint density at radius 2 is 1.89 bits per heavy atom. The topological polar surface area (TPSA) is 94.7 Å². The molecule has 0 radical (unpaired) electrons. The summed E-state index contributed by atoms with van der Waals surface area (Å²) in [5.74, 6) is -0.209. The number of rotatable bonds is 6. The Balaban J connectivity index is 1.92. The van der Waals surface area contributed by atoms with Crippen molar-refractivity contribution in [3.63, 3.8) is 0 Å². The lowest BCUT2D eigenvalue weighted by atomic mass is 9.90. The van der Waals surface area contributed by atoms with Gasteiger partial charge in [-0.2, -0.15) is 9.57 Å². The second kappa shape index (κ2) is 8.57. The second-order valence-electron chi connectivity index (χ2n) is 7.30. The van der Waals surface area contributed by atoms with Crippen molar-refractivity contribution in [1.29, 1.82) is 5.26 Å². The summed E-state index contributed by atoms with van der Waals surface area (Å²) >= 11 is 5.82. The van der Waals surface area contributed by atoms with Crippen molar-refractivity contribution in [3.05, 3.63) is 29.3 Å². The summed E-state index contributed by atoms with van der Waals surface area (Å²) in [5, 5.41) is 12.6. The van der Waals surface area contributed by atoms with E-state index in [1.54, 1.807) is 19.1 Å². The number of nitrogens with one attached hydrogen (secondary N) is 2. The quantitative estimate of drug-likeness (QED) is 0.700. The number of hydrogen-bond donors (Lipinski definition) is 2. The van der Waals surface area contributed by atoms with E-state index in [0.717, 1.165) is 4.90 Å². The molecule has 1 heterocycles. The van der Waals surface area contributed by atoms with E-state index in [-0.39, 0.29) is 23.3 Å². The molecule has 1 aromatic rings. The Kier molecular flexibility index (Phi) is 6.87. The van der Waals surface area contributed by atoms with Crippen LogP contribution in [0.5, 0.6) is 0 Å². The van der Waals surface area contributed by atoms with Crippen LogP contribution in [0.3, 0.4) is 0 Å². The molecule has 1 aliphatic heterocycles. The van der Waals surface area contributed by atoms with Crippen LogP contribution in [0.4, 0.5) is 0 Å². The van der Waals surface area contributed by atoms with E-state index in [1.165, 1.54) is 16.4 Å². The lowest BCUT2D eigenvalue weighted by molar-refractivity contribution is -0.895. The molecule has 0 saturated carbocycles. The molecule has 2 N–H and O–H groups in total. The van der Waals surface area contributed by atoms with Crippen LogP contribution in [-0.4, -0.2) is 56.9 Å². The summed E-state index contributed by atoms with van der Waals surface area (Å²) in [7, 11) is -3.56. The number of carbonyl (C=O) groups is 1. The fourth-order valence-corrected chi connectivity index (χ4v) is 4.40. The minimum Gasteiger partial charge on any atom is -0.333 e. The first kappa shape index (κ1) is 21.6. The summed E-state index contributed by atoms with van der Waals surface area (Å²) in [5.41, 5.74) is -0.906. The summed E-state index contributed by atoms with van der Waals surface area (Å²) in [4.78, 5) is 13.5. The number of carbonyl (C=O) groups excluding carboxylic acids is 1. The summed E-state index contributed by atoms with van der Waals surface area (Å²) in [6.07, 6.45) is 0. The molecule has 0 bridgehead atoms. The largest absolute Gasteiger partial charge is 0.333 e. The molecule has 27 heavy (non-hydrogen) atoms. The van der Waals surface area contributed by atoms with Crippen LogP contribution in [0.1, 0.15) is 20.8 Å². The Labute approximate surface area is 165 Å². The van der Waals surface area contributed by atoms with Crippen molar-refractivity contribution in [2.75, 3.05) is 32.7 Å². The maximum absolute atomic E-state index is 12.7. The van der Waals surface area contributed by atoms with Crippen LogP contribution in [0.25, 0.3) is 0 Å². The average Bonchev–Trinajstić information content (AvgIpc) is 2.62. The van der Waals surface area contributed by atoms with Crippen molar-refractivity contribution in [1.82, 2.24) is 9.62 Å². The predicted octanol–water partition coefficient (Wildman–Crippen LogP) is 0.284. The minimum atomic E-state index is -3.56. The highest BCUT2D eigenvalue weighted by Gasteiger charge is 2.34. The highest BCUT2D eigenvalue weighted by molar-refractivity contribution is 7.89. The van der Waals surface area contributed by atoms with Crippen molar-refractivity contribution < 1.29 is 18.1 Å². The molecule has 0 unspecified atom stereocenters. The lowest BCUT2D eigenvalue weighted by Gasteiger charge is -2.32. The molecule has 0 spiro atoms. The number of nitrogens with zero attached hydrogens (tertiary/aromatic N) is 2. The molecule has 7 nitrogen and oxygen atoms in total. The summed E-state index contributed by atoms with van der Waals surface area (Å²) in [6.45, 7) is 7.45. The van der Waals surface area contributed by atoms with Gasteiger partial charge in [0.1, 0.15) is 5.54 Å². The molecule has 1 atom stereocenters. The van der Waals surface area contributed by atoms with Gasteiger partial charge in [-0.25, -0.2) is 8.42 Å². The Morgan fingerprint density at radius 1 is 1.33 bits per heavy atom. The molecule has 2 rings (SSSR count). The van der Waals surface area contributed by atoms with Crippen molar-refractivity contribution >= 4 is 27.5 Å². The first-order valence-corrected chi connectivity index (χ1v) is 10.7. The third-order valence-electron chi connectivity index (χ3n) is 5.08. The molecule has 1 aliphatic rings.